The average molecular weight is 558 g/mol. The van der Waals surface area contributed by atoms with Crippen LogP contribution in [0, 0.1) is 0 Å². The highest BCUT2D eigenvalue weighted by Crippen LogP contribution is 2.32. The van der Waals surface area contributed by atoms with Gasteiger partial charge in [0.1, 0.15) is 11.8 Å². The minimum absolute atomic E-state index is 0.0128. The summed E-state index contributed by atoms with van der Waals surface area (Å²) in [5.74, 6) is -0.0761. The fourth-order valence-corrected chi connectivity index (χ4v) is 4.16. The van der Waals surface area contributed by atoms with Crippen LogP contribution in [0.15, 0.2) is 40.9 Å². The molecule has 0 heterocycles. The lowest BCUT2D eigenvalue weighted by Crippen LogP contribution is -2.50. The maximum Gasteiger partial charge on any atom is 0.261 e. The Labute approximate surface area is 214 Å². The van der Waals surface area contributed by atoms with E-state index in [1.807, 2.05) is 32.0 Å². The van der Waals surface area contributed by atoms with Crippen molar-refractivity contribution in [1.82, 2.24) is 10.2 Å². The Hall–Kier alpha value is -1.76. The van der Waals surface area contributed by atoms with Crippen LogP contribution >= 0.6 is 39.1 Å². The predicted molar refractivity (Wildman–Crippen MR) is 138 cm³/mol. The molecular weight excluding hydrogens is 527 g/mol. The number of benzene rings is 2. The monoisotopic (exact) mass is 556 g/mol. The lowest BCUT2D eigenvalue weighted by atomic mass is 9.87. The fourth-order valence-electron chi connectivity index (χ4n) is 3.15. The van der Waals surface area contributed by atoms with Crippen LogP contribution in [0.1, 0.15) is 52.7 Å². The van der Waals surface area contributed by atoms with E-state index in [1.165, 1.54) is 4.90 Å². The van der Waals surface area contributed by atoms with E-state index in [4.69, 9.17) is 27.9 Å². The van der Waals surface area contributed by atoms with Crippen molar-refractivity contribution in [3.05, 3.63) is 62.0 Å². The molecule has 0 saturated carbocycles. The van der Waals surface area contributed by atoms with E-state index in [0.717, 1.165) is 10.0 Å². The average Bonchev–Trinajstić information content (AvgIpc) is 2.70. The van der Waals surface area contributed by atoms with Crippen LogP contribution in [0.5, 0.6) is 5.75 Å². The summed E-state index contributed by atoms with van der Waals surface area (Å²) in [5.41, 5.74) is 1.71. The van der Waals surface area contributed by atoms with Crippen LogP contribution < -0.4 is 10.1 Å². The third-order valence-corrected chi connectivity index (χ3v) is 6.47. The first kappa shape index (κ1) is 27.5. The van der Waals surface area contributed by atoms with Crippen LogP contribution in [0.25, 0.3) is 0 Å². The van der Waals surface area contributed by atoms with E-state index in [-0.39, 0.29) is 36.4 Å². The number of rotatable bonds is 8. The second kappa shape index (κ2) is 11.6. The van der Waals surface area contributed by atoms with Gasteiger partial charge in [-0.15, -0.1) is 0 Å². The third kappa shape index (κ3) is 7.62. The molecule has 2 aromatic rings. The molecule has 1 atom stereocenters. The van der Waals surface area contributed by atoms with Gasteiger partial charge in [0.25, 0.3) is 5.91 Å². The van der Waals surface area contributed by atoms with Crippen molar-refractivity contribution in [2.45, 2.75) is 65.6 Å². The molecule has 0 aliphatic carbocycles. The molecule has 0 aliphatic heterocycles. The minimum Gasteiger partial charge on any atom is -0.483 e. The lowest BCUT2D eigenvalue weighted by molar-refractivity contribution is -0.142. The summed E-state index contributed by atoms with van der Waals surface area (Å²) in [6.07, 6.45) is 0. The van der Waals surface area contributed by atoms with Gasteiger partial charge in [0.15, 0.2) is 6.61 Å². The highest BCUT2D eigenvalue weighted by atomic mass is 79.9. The summed E-state index contributed by atoms with van der Waals surface area (Å²) >= 11 is 16.2. The first-order valence-electron chi connectivity index (χ1n) is 10.8. The highest BCUT2D eigenvalue weighted by molar-refractivity contribution is 9.10. The van der Waals surface area contributed by atoms with Gasteiger partial charge in [0, 0.05) is 28.2 Å². The molecule has 0 fully saturated rings. The molecule has 2 amide bonds. The Morgan fingerprint density at radius 3 is 2.21 bits per heavy atom. The van der Waals surface area contributed by atoms with Crippen molar-refractivity contribution in [2.75, 3.05) is 6.61 Å². The number of amides is 2. The van der Waals surface area contributed by atoms with E-state index in [1.54, 1.807) is 25.1 Å². The molecule has 0 spiro atoms. The van der Waals surface area contributed by atoms with Gasteiger partial charge < -0.3 is 15.0 Å². The second-order valence-electron chi connectivity index (χ2n) is 9.24. The molecule has 2 aromatic carbocycles. The number of nitrogens with zero attached hydrogens (tertiary/aromatic N) is 1. The first-order chi connectivity index (χ1) is 15.3. The van der Waals surface area contributed by atoms with E-state index < -0.39 is 6.04 Å². The largest absolute Gasteiger partial charge is 0.483 e. The maximum absolute atomic E-state index is 13.2. The van der Waals surface area contributed by atoms with Crippen LogP contribution in [-0.4, -0.2) is 35.4 Å². The second-order valence-corrected chi connectivity index (χ2v) is 10.9. The topological polar surface area (TPSA) is 58.6 Å². The van der Waals surface area contributed by atoms with Crippen LogP contribution in [0.4, 0.5) is 0 Å². The number of nitrogens with one attached hydrogen (secondary N) is 1. The Morgan fingerprint density at radius 1 is 1.09 bits per heavy atom. The number of hydrogen-bond donors (Lipinski definition) is 1. The Balaban J connectivity index is 2.25. The molecule has 0 saturated heterocycles. The van der Waals surface area contributed by atoms with Gasteiger partial charge in [-0.05, 0) is 71.9 Å². The smallest absolute Gasteiger partial charge is 0.261 e. The summed E-state index contributed by atoms with van der Waals surface area (Å²) in [7, 11) is 0. The van der Waals surface area contributed by atoms with Crippen molar-refractivity contribution in [1.29, 1.82) is 0 Å². The van der Waals surface area contributed by atoms with Gasteiger partial charge in [-0.3, -0.25) is 9.59 Å². The van der Waals surface area contributed by atoms with E-state index in [2.05, 4.69) is 42.0 Å². The Kier molecular flexibility index (Phi) is 9.65. The molecule has 0 bridgehead atoms. The molecule has 2 rings (SSSR count). The van der Waals surface area contributed by atoms with E-state index >= 15 is 0 Å². The molecule has 0 aromatic heterocycles. The SMILES string of the molecule is CC(C)NC(=O)[C@H](C)N(Cc1c(Cl)cccc1Cl)C(=O)COc1ccc(C(C)(C)C)cc1Br. The lowest BCUT2D eigenvalue weighted by Gasteiger charge is -2.30. The number of hydrogen-bond acceptors (Lipinski definition) is 3. The number of carbonyl (C=O) groups is 2. The molecule has 180 valence electrons. The van der Waals surface area contributed by atoms with Gasteiger partial charge in [-0.1, -0.05) is 56.1 Å². The molecule has 5 nitrogen and oxygen atoms in total. The van der Waals surface area contributed by atoms with Crippen molar-refractivity contribution >= 4 is 50.9 Å². The summed E-state index contributed by atoms with van der Waals surface area (Å²) in [6, 6.07) is 10.1. The molecule has 33 heavy (non-hydrogen) atoms. The Bertz CT molecular complexity index is 985. The Morgan fingerprint density at radius 2 is 1.70 bits per heavy atom. The molecule has 0 unspecified atom stereocenters. The van der Waals surface area contributed by atoms with Crippen LogP contribution in [0.3, 0.4) is 0 Å². The van der Waals surface area contributed by atoms with Crippen molar-refractivity contribution < 1.29 is 14.3 Å². The summed E-state index contributed by atoms with van der Waals surface area (Å²) in [6.45, 7) is 11.6. The zero-order valence-electron chi connectivity index (χ0n) is 19.8. The van der Waals surface area contributed by atoms with Crippen molar-refractivity contribution in [3.8, 4) is 5.75 Å². The molecular formula is C25H31BrCl2N2O3. The summed E-state index contributed by atoms with van der Waals surface area (Å²) in [4.78, 5) is 27.4. The fraction of sp³-hybridized carbons (Fsp3) is 0.440. The molecule has 1 N–H and O–H groups in total. The standard InChI is InChI=1S/C25H31BrCl2N2O3/c1-15(2)29-24(32)16(3)30(13-18-20(27)8-7-9-21(18)28)23(31)14-33-22-11-10-17(12-19(22)26)25(4,5)6/h7-12,15-16H,13-14H2,1-6H3,(H,29,32)/t16-/m0/s1. The molecule has 0 aliphatic rings. The zero-order chi connectivity index (χ0) is 24.9. The summed E-state index contributed by atoms with van der Waals surface area (Å²) < 4.78 is 6.58. The van der Waals surface area contributed by atoms with Crippen molar-refractivity contribution in [3.63, 3.8) is 0 Å². The number of ether oxygens (including phenoxy) is 1. The predicted octanol–water partition coefficient (Wildman–Crippen LogP) is 6.37. The van der Waals surface area contributed by atoms with Crippen LogP contribution in [-0.2, 0) is 21.5 Å². The number of halogens is 3. The quantitative estimate of drug-likeness (QED) is 0.410. The van der Waals surface area contributed by atoms with Gasteiger partial charge in [0.05, 0.1) is 4.47 Å². The first-order valence-corrected chi connectivity index (χ1v) is 12.3. The zero-order valence-corrected chi connectivity index (χ0v) is 22.9. The summed E-state index contributed by atoms with van der Waals surface area (Å²) in [5, 5.41) is 3.71. The minimum atomic E-state index is -0.748. The molecule has 0 radical (unpaired) electrons. The van der Waals surface area contributed by atoms with E-state index in [9.17, 15) is 9.59 Å². The maximum atomic E-state index is 13.2. The normalized spacial score (nSPS) is 12.4. The van der Waals surface area contributed by atoms with Gasteiger partial charge in [-0.25, -0.2) is 0 Å². The number of carbonyl (C=O) groups excluding carboxylic acids is 2. The molecule has 8 heteroatoms. The van der Waals surface area contributed by atoms with Gasteiger partial charge in [-0.2, -0.15) is 0 Å². The third-order valence-electron chi connectivity index (χ3n) is 5.14. The van der Waals surface area contributed by atoms with E-state index in [0.29, 0.717) is 21.4 Å². The van der Waals surface area contributed by atoms with Crippen LogP contribution in [0.2, 0.25) is 10.0 Å². The van der Waals surface area contributed by atoms with Crippen molar-refractivity contribution in [2.24, 2.45) is 0 Å². The van der Waals surface area contributed by atoms with Gasteiger partial charge >= 0.3 is 0 Å². The highest BCUT2D eigenvalue weighted by Gasteiger charge is 2.28. The van der Waals surface area contributed by atoms with Gasteiger partial charge in [0.2, 0.25) is 5.91 Å².